The Morgan fingerprint density at radius 3 is 2.38 bits per heavy atom. The van der Waals surface area contributed by atoms with Gasteiger partial charge in [0.1, 0.15) is 5.69 Å². The summed E-state index contributed by atoms with van der Waals surface area (Å²) >= 11 is 0. The highest BCUT2D eigenvalue weighted by Crippen LogP contribution is 2.29. The molecule has 0 unspecified atom stereocenters. The topological polar surface area (TPSA) is 62.0 Å². The second kappa shape index (κ2) is 7.81. The van der Waals surface area contributed by atoms with Gasteiger partial charge in [0.15, 0.2) is 0 Å². The molecule has 24 heavy (non-hydrogen) atoms. The molecule has 7 heteroatoms. The van der Waals surface area contributed by atoms with E-state index in [1.165, 1.54) is 30.3 Å². The van der Waals surface area contributed by atoms with Crippen LogP contribution in [0.1, 0.15) is 34.5 Å². The second-order valence-corrected chi connectivity index (χ2v) is 5.34. The fourth-order valence-electron chi connectivity index (χ4n) is 2.19. The predicted molar refractivity (Wildman–Crippen MR) is 83.8 cm³/mol. The highest BCUT2D eigenvalue weighted by atomic mass is 19.4. The van der Waals surface area contributed by atoms with Gasteiger partial charge in [-0.1, -0.05) is 18.2 Å². The van der Waals surface area contributed by atoms with Gasteiger partial charge in [-0.15, -0.1) is 0 Å². The Balaban J connectivity index is 1.71. The molecular formula is C17H17F3N2O2. The van der Waals surface area contributed by atoms with E-state index in [0.717, 1.165) is 24.1 Å². The summed E-state index contributed by atoms with van der Waals surface area (Å²) in [6, 6.07) is 9.41. The molecule has 0 aliphatic carbocycles. The summed E-state index contributed by atoms with van der Waals surface area (Å²) < 4.78 is 37.4. The number of alkyl halides is 3. The van der Waals surface area contributed by atoms with Crippen LogP contribution >= 0.6 is 0 Å². The Hall–Kier alpha value is -2.57. The van der Waals surface area contributed by atoms with Crippen molar-refractivity contribution < 1.29 is 18.0 Å². The molecule has 0 fully saturated rings. The van der Waals surface area contributed by atoms with Crippen molar-refractivity contribution in [3.05, 3.63) is 69.6 Å². The maximum absolute atomic E-state index is 12.5. The number of aryl methyl sites for hydroxylation is 1. The van der Waals surface area contributed by atoms with Crippen molar-refractivity contribution >= 4 is 5.91 Å². The third-order valence-electron chi connectivity index (χ3n) is 3.47. The number of nitrogens with one attached hydrogen (secondary N) is 2. The van der Waals surface area contributed by atoms with Gasteiger partial charge in [-0.05, 0) is 43.0 Å². The first-order valence-electron chi connectivity index (χ1n) is 7.50. The van der Waals surface area contributed by atoms with E-state index in [2.05, 4.69) is 10.3 Å². The lowest BCUT2D eigenvalue weighted by molar-refractivity contribution is -0.137. The van der Waals surface area contributed by atoms with E-state index in [4.69, 9.17) is 0 Å². The number of hydrogen-bond donors (Lipinski definition) is 2. The number of rotatable bonds is 6. The van der Waals surface area contributed by atoms with Crippen LogP contribution < -0.4 is 10.9 Å². The van der Waals surface area contributed by atoms with Crippen LogP contribution in [-0.2, 0) is 12.6 Å². The summed E-state index contributed by atoms with van der Waals surface area (Å²) in [7, 11) is 0. The number of aromatic amines is 1. The van der Waals surface area contributed by atoms with Crippen molar-refractivity contribution in [3.8, 4) is 0 Å². The van der Waals surface area contributed by atoms with E-state index in [0.29, 0.717) is 19.4 Å². The van der Waals surface area contributed by atoms with Crippen LogP contribution in [0.4, 0.5) is 13.2 Å². The van der Waals surface area contributed by atoms with Crippen molar-refractivity contribution in [3.63, 3.8) is 0 Å². The molecule has 2 N–H and O–H groups in total. The largest absolute Gasteiger partial charge is 0.416 e. The Labute approximate surface area is 136 Å². The van der Waals surface area contributed by atoms with Crippen LogP contribution in [0.25, 0.3) is 0 Å². The summed E-state index contributed by atoms with van der Waals surface area (Å²) in [5.74, 6) is -0.359. The molecule has 0 spiro atoms. The highest BCUT2D eigenvalue weighted by molar-refractivity contribution is 5.92. The van der Waals surface area contributed by atoms with Gasteiger partial charge < -0.3 is 10.3 Å². The summed E-state index contributed by atoms with van der Waals surface area (Å²) in [5, 5.41) is 2.68. The van der Waals surface area contributed by atoms with Crippen molar-refractivity contribution in [2.24, 2.45) is 0 Å². The average Bonchev–Trinajstić information content (AvgIpc) is 2.54. The quantitative estimate of drug-likeness (QED) is 0.795. The summed E-state index contributed by atoms with van der Waals surface area (Å²) in [6.45, 7) is 0.427. The summed E-state index contributed by atoms with van der Waals surface area (Å²) in [5.41, 5.74) is 0.0206. The number of halogens is 3. The predicted octanol–water partition coefficient (Wildman–Crippen LogP) is 3.15. The van der Waals surface area contributed by atoms with Crippen LogP contribution in [0.3, 0.4) is 0 Å². The monoisotopic (exact) mass is 338 g/mol. The number of pyridine rings is 1. The van der Waals surface area contributed by atoms with E-state index in [1.54, 1.807) is 0 Å². The van der Waals surface area contributed by atoms with Crippen molar-refractivity contribution in [1.29, 1.82) is 0 Å². The van der Waals surface area contributed by atoms with Gasteiger partial charge in [-0.25, -0.2) is 0 Å². The number of hydrogen-bond acceptors (Lipinski definition) is 2. The standard InChI is InChI=1S/C17H17F3N2O2/c18-17(19,20)13-9-7-12(8-10-13)4-1-2-11-21-16(24)14-5-3-6-15(23)22-14/h3,5-10H,1-2,4,11H2,(H,21,24)(H,22,23). The van der Waals surface area contributed by atoms with Crippen molar-refractivity contribution in [2.75, 3.05) is 6.54 Å². The van der Waals surface area contributed by atoms with Crippen LogP contribution in [0.15, 0.2) is 47.3 Å². The Kier molecular flexibility index (Phi) is 5.78. The molecular weight excluding hydrogens is 321 g/mol. The van der Waals surface area contributed by atoms with E-state index in [1.807, 2.05) is 0 Å². The molecule has 0 aliphatic heterocycles. The first-order chi connectivity index (χ1) is 11.4. The van der Waals surface area contributed by atoms with Gasteiger partial charge in [0.25, 0.3) is 5.91 Å². The third-order valence-corrected chi connectivity index (χ3v) is 3.47. The van der Waals surface area contributed by atoms with Gasteiger partial charge in [0.05, 0.1) is 5.56 Å². The van der Waals surface area contributed by atoms with Gasteiger partial charge in [-0.3, -0.25) is 9.59 Å². The minimum absolute atomic E-state index is 0.199. The minimum atomic E-state index is -4.32. The molecule has 1 amide bonds. The summed E-state index contributed by atoms with van der Waals surface area (Å²) in [6.07, 6.45) is -2.27. The molecule has 2 rings (SSSR count). The first kappa shape index (κ1) is 17.8. The number of benzene rings is 1. The Bertz CT molecular complexity index is 736. The number of aromatic nitrogens is 1. The number of carbonyl (C=O) groups is 1. The van der Waals surface area contributed by atoms with E-state index >= 15 is 0 Å². The van der Waals surface area contributed by atoms with Crippen LogP contribution in [0.5, 0.6) is 0 Å². The third kappa shape index (κ3) is 5.26. The lowest BCUT2D eigenvalue weighted by Crippen LogP contribution is -2.27. The van der Waals surface area contributed by atoms with Crippen LogP contribution in [0.2, 0.25) is 0 Å². The van der Waals surface area contributed by atoms with Crippen molar-refractivity contribution in [1.82, 2.24) is 10.3 Å². The Morgan fingerprint density at radius 2 is 1.75 bits per heavy atom. The maximum Gasteiger partial charge on any atom is 0.416 e. The zero-order chi connectivity index (χ0) is 17.6. The van der Waals surface area contributed by atoms with Gasteiger partial charge in [0, 0.05) is 12.6 Å². The SMILES string of the molecule is O=C(NCCCCc1ccc(C(F)(F)F)cc1)c1cccc(=O)[nH]1. The lowest BCUT2D eigenvalue weighted by atomic mass is 10.1. The van der Waals surface area contributed by atoms with Crippen LogP contribution in [0, 0.1) is 0 Å². The molecule has 0 bridgehead atoms. The molecule has 0 radical (unpaired) electrons. The summed E-state index contributed by atoms with van der Waals surface area (Å²) in [4.78, 5) is 25.3. The lowest BCUT2D eigenvalue weighted by Gasteiger charge is -2.08. The molecule has 2 aromatic rings. The molecule has 0 aliphatic rings. The normalized spacial score (nSPS) is 11.3. The second-order valence-electron chi connectivity index (χ2n) is 5.34. The van der Waals surface area contributed by atoms with E-state index < -0.39 is 11.7 Å². The van der Waals surface area contributed by atoms with Gasteiger partial charge in [-0.2, -0.15) is 13.2 Å². The fourth-order valence-corrected chi connectivity index (χ4v) is 2.19. The highest BCUT2D eigenvalue weighted by Gasteiger charge is 2.29. The number of H-pyrrole nitrogens is 1. The smallest absolute Gasteiger partial charge is 0.351 e. The minimum Gasteiger partial charge on any atom is -0.351 e. The molecule has 4 nitrogen and oxygen atoms in total. The van der Waals surface area contributed by atoms with E-state index in [-0.39, 0.29) is 17.2 Å². The maximum atomic E-state index is 12.5. The molecule has 0 saturated carbocycles. The fraction of sp³-hybridized carbons (Fsp3) is 0.294. The Morgan fingerprint density at radius 1 is 1.04 bits per heavy atom. The number of amides is 1. The molecule has 1 heterocycles. The number of carbonyl (C=O) groups excluding carboxylic acids is 1. The van der Waals surface area contributed by atoms with E-state index in [9.17, 15) is 22.8 Å². The zero-order valence-electron chi connectivity index (χ0n) is 12.8. The molecule has 0 atom stereocenters. The molecule has 1 aromatic carbocycles. The average molecular weight is 338 g/mol. The number of unbranched alkanes of at least 4 members (excludes halogenated alkanes) is 1. The molecule has 1 aromatic heterocycles. The van der Waals surface area contributed by atoms with Gasteiger partial charge in [0.2, 0.25) is 5.56 Å². The van der Waals surface area contributed by atoms with Crippen molar-refractivity contribution in [2.45, 2.75) is 25.4 Å². The van der Waals surface area contributed by atoms with Gasteiger partial charge >= 0.3 is 6.18 Å². The van der Waals surface area contributed by atoms with Crippen LogP contribution in [-0.4, -0.2) is 17.4 Å². The zero-order valence-corrected chi connectivity index (χ0v) is 12.8. The molecule has 0 saturated heterocycles. The molecule has 128 valence electrons. The first-order valence-corrected chi connectivity index (χ1v) is 7.50.